The van der Waals surface area contributed by atoms with E-state index in [0.717, 1.165) is 15.3 Å². The quantitative estimate of drug-likeness (QED) is 0.425. The van der Waals surface area contributed by atoms with Crippen LogP contribution in [0.3, 0.4) is 0 Å². The molecule has 0 bridgehead atoms. The van der Waals surface area contributed by atoms with Gasteiger partial charge in [-0.05, 0) is 0 Å². The average molecular weight is 310 g/mol. The lowest BCUT2D eigenvalue weighted by Gasteiger charge is -2.08. The minimum Gasteiger partial charge on any atom is -0.494 e. The van der Waals surface area contributed by atoms with E-state index < -0.39 is 23.1 Å². The number of hydrogen-bond acceptors (Lipinski definition) is 7. The molecule has 120 valence electrons. The highest BCUT2D eigenvalue weighted by Crippen LogP contribution is 2.08. The van der Waals surface area contributed by atoms with Crippen molar-refractivity contribution < 1.29 is 14.6 Å². The maximum Gasteiger partial charge on any atom is 0.358 e. The van der Waals surface area contributed by atoms with Gasteiger partial charge >= 0.3 is 11.7 Å². The Morgan fingerprint density at radius 2 is 1.86 bits per heavy atom. The molecule has 0 atom stereocenters. The van der Waals surface area contributed by atoms with E-state index in [1.807, 2.05) is 0 Å². The molecular weight excluding hydrogens is 292 g/mol. The van der Waals surface area contributed by atoms with Crippen LogP contribution in [0, 0.1) is 0 Å². The Labute approximate surface area is 126 Å². The van der Waals surface area contributed by atoms with Crippen molar-refractivity contribution in [3.8, 4) is 5.88 Å². The Morgan fingerprint density at radius 3 is 2.36 bits per heavy atom. The molecule has 22 heavy (non-hydrogen) atoms. The summed E-state index contributed by atoms with van der Waals surface area (Å²) in [7, 11) is 7.15. The molecule has 9 heteroatoms. The summed E-state index contributed by atoms with van der Waals surface area (Å²) in [4.78, 5) is 40.7. The fraction of sp³-hybridized carbons (Fsp3) is 0.385. The second kappa shape index (κ2) is 6.74. The van der Waals surface area contributed by atoms with Crippen LogP contribution in [0.2, 0.25) is 0 Å². The summed E-state index contributed by atoms with van der Waals surface area (Å²) in [6.07, 6.45) is 2.41. The summed E-state index contributed by atoms with van der Waals surface area (Å²) in [5.41, 5.74) is -1.67. The third kappa shape index (κ3) is 3.43. The maximum absolute atomic E-state index is 12.0. The molecule has 1 heterocycles. The van der Waals surface area contributed by atoms with Crippen LogP contribution < -0.4 is 11.2 Å². The molecular formula is C13H18N4O5. The van der Waals surface area contributed by atoms with Gasteiger partial charge in [0.2, 0.25) is 5.88 Å². The Morgan fingerprint density at radius 1 is 1.27 bits per heavy atom. The lowest BCUT2D eigenvalue weighted by molar-refractivity contribution is -0.136. The molecule has 0 saturated heterocycles. The fourth-order valence-electron chi connectivity index (χ4n) is 1.59. The summed E-state index contributed by atoms with van der Waals surface area (Å²) in [5.74, 6) is -1.24. The molecule has 0 aromatic carbocycles. The third-order valence-corrected chi connectivity index (χ3v) is 2.78. The number of methoxy groups -OCH3 is 1. The average Bonchev–Trinajstić information content (AvgIpc) is 2.48. The zero-order chi connectivity index (χ0) is 17.0. The number of carbonyl (C=O) groups excluding carboxylic acids is 1. The molecule has 1 aromatic heterocycles. The molecule has 0 aliphatic rings. The van der Waals surface area contributed by atoms with Crippen LogP contribution in [-0.2, 0) is 23.6 Å². The number of aliphatic imine (C=N–C) groups is 1. The van der Waals surface area contributed by atoms with E-state index in [2.05, 4.69) is 9.73 Å². The zero-order valence-corrected chi connectivity index (χ0v) is 13.0. The van der Waals surface area contributed by atoms with Crippen molar-refractivity contribution in [2.24, 2.45) is 19.1 Å². The minimum absolute atomic E-state index is 0.0668. The molecule has 1 rings (SSSR count). The first-order valence-electron chi connectivity index (χ1n) is 6.20. The minimum atomic E-state index is -0.724. The number of hydrogen-bond donors (Lipinski definition) is 1. The van der Waals surface area contributed by atoms with Crippen molar-refractivity contribution >= 4 is 12.2 Å². The summed E-state index contributed by atoms with van der Waals surface area (Å²) >= 11 is 0. The van der Waals surface area contributed by atoms with E-state index >= 15 is 0 Å². The molecule has 0 spiro atoms. The smallest absolute Gasteiger partial charge is 0.358 e. The highest BCUT2D eigenvalue weighted by molar-refractivity contribution is 5.92. The summed E-state index contributed by atoms with van der Waals surface area (Å²) < 4.78 is 6.31. The Bertz CT molecular complexity index is 755. The summed E-state index contributed by atoms with van der Waals surface area (Å²) in [5, 5.41) is 9.89. The standard InChI is InChI=1S/C13H18N4O5/c1-15(2)7-9(12(20)22-5)14-6-8-10(18)16(3)13(21)17(4)11(8)19/h6-7,18H,1-5H3/b9-7-,14-6?. The molecule has 1 N–H and O–H groups in total. The van der Waals surface area contributed by atoms with E-state index in [1.165, 1.54) is 27.4 Å². The van der Waals surface area contributed by atoms with E-state index in [9.17, 15) is 19.5 Å². The van der Waals surface area contributed by atoms with Gasteiger partial charge in [-0.15, -0.1) is 0 Å². The number of esters is 1. The number of carbonyl (C=O) groups is 1. The fourth-order valence-corrected chi connectivity index (χ4v) is 1.59. The van der Waals surface area contributed by atoms with Gasteiger partial charge in [-0.2, -0.15) is 0 Å². The largest absolute Gasteiger partial charge is 0.494 e. The molecule has 0 aliphatic heterocycles. The van der Waals surface area contributed by atoms with Gasteiger partial charge < -0.3 is 14.7 Å². The van der Waals surface area contributed by atoms with E-state index in [-0.39, 0.29) is 11.3 Å². The topological polar surface area (TPSA) is 106 Å². The number of aromatic hydroxyl groups is 1. The van der Waals surface area contributed by atoms with Gasteiger partial charge in [0.25, 0.3) is 5.56 Å². The van der Waals surface area contributed by atoms with Crippen molar-refractivity contribution in [2.75, 3.05) is 21.2 Å². The zero-order valence-electron chi connectivity index (χ0n) is 13.0. The molecule has 0 unspecified atom stereocenters. The molecule has 9 nitrogen and oxygen atoms in total. The number of rotatable bonds is 4. The van der Waals surface area contributed by atoms with Crippen LogP contribution in [0.5, 0.6) is 5.88 Å². The lowest BCUT2D eigenvalue weighted by atomic mass is 10.3. The molecule has 0 saturated carbocycles. The van der Waals surface area contributed by atoms with Gasteiger partial charge in [0.05, 0.1) is 7.11 Å². The SMILES string of the molecule is COC(=O)/C(=C/N(C)C)N=Cc1c(O)n(C)c(=O)n(C)c1=O. The third-order valence-electron chi connectivity index (χ3n) is 2.78. The highest BCUT2D eigenvalue weighted by Gasteiger charge is 2.14. The van der Waals surface area contributed by atoms with Gasteiger partial charge in [-0.3, -0.25) is 13.9 Å². The van der Waals surface area contributed by atoms with Gasteiger partial charge in [-0.25, -0.2) is 14.6 Å². The number of ether oxygens (including phenoxy) is 1. The van der Waals surface area contributed by atoms with Crippen LogP contribution in [0.25, 0.3) is 0 Å². The van der Waals surface area contributed by atoms with Crippen LogP contribution >= 0.6 is 0 Å². The van der Waals surface area contributed by atoms with E-state index in [4.69, 9.17) is 0 Å². The molecule has 0 aliphatic carbocycles. The molecule has 0 amide bonds. The van der Waals surface area contributed by atoms with Crippen molar-refractivity contribution in [2.45, 2.75) is 0 Å². The van der Waals surface area contributed by atoms with Crippen LogP contribution in [0.1, 0.15) is 5.56 Å². The molecule has 1 aromatic rings. The Kier molecular flexibility index (Phi) is 5.28. The van der Waals surface area contributed by atoms with Gasteiger partial charge in [0, 0.05) is 40.6 Å². The lowest BCUT2D eigenvalue weighted by Crippen LogP contribution is -2.38. The first-order chi connectivity index (χ1) is 10.2. The van der Waals surface area contributed by atoms with Crippen molar-refractivity contribution in [1.29, 1.82) is 0 Å². The molecule has 0 radical (unpaired) electrons. The first kappa shape index (κ1) is 17.2. The van der Waals surface area contributed by atoms with Crippen molar-refractivity contribution in [3.05, 3.63) is 38.3 Å². The summed E-state index contributed by atoms with van der Waals surface area (Å²) in [6.45, 7) is 0. The predicted octanol–water partition coefficient (Wildman–Crippen LogP) is -1.22. The van der Waals surface area contributed by atoms with E-state index in [0.29, 0.717) is 0 Å². The number of nitrogens with zero attached hydrogens (tertiary/aromatic N) is 4. The van der Waals surface area contributed by atoms with Crippen molar-refractivity contribution in [3.63, 3.8) is 0 Å². The molecule has 0 fully saturated rings. The van der Waals surface area contributed by atoms with Crippen LogP contribution in [0.15, 0.2) is 26.5 Å². The van der Waals surface area contributed by atoms with Crippen molar-refractivity contribution in [1.82, 2.24) is 14.0 Å². The monoisotopic (exact) mass is 310 g/mol. The maximum atomic E-state index is 12.0. The first-order valence-corrected chi connectivity index (χ1v) is 6.20. The second-order valence-electron chi connectivity index (χ2n) is 4.67. The normalized spacial score (nSPS) is 11.8. The van der Waals surface area contributed by atoms with Gasteiger partial charge in [0.1, 0.15) is 5.56 Å². The second-order valence-corrected chi connectivity index (χ2v) is 4.67. The van der Waals surface area contributed by atoms with E-state index in [1.54, 1.807) is 19.0 Å². The van der Waals surface area contributed by atoms with Gasteiger partial charge in [-0.1, -0.05) is 0 Å². The van der Waals surface area contributed by atoms with Crippen LogP contribution in [0.4, 0.5) is 0 Å². The number of aromatic nitrogens is 2. The Hall–Kier alpha value is -2.84. The summed E-state index contributed by atoms with van der Waals surface area (Å²) in [6, 6.07) is 0. The predicted molar refractivity (Wildman–Crippen MR) is 80.0 cm³/mol. The highest BCUT2D eigenvalue weighted by atomic mass is 16.5. The van der Waals surface area contributed by atoms with Crippen LogP contribution in [-0.4, -0.2) is 52.5 Å². The Balaban J connectivity index is 3.43. The van der Waals surface area contributed by atoms with Gasteiger partial charge in [0.15, 0.2) is 5.70 Å².